The highest BCUT2D eigenvalue weighted by molar-refractivity contribution is 6.47. The van der Waals surface area contributed by atoms with E-state index in [1.54, 1.807) is 0 Å². The third-order valence-corrected chi connectivity index (χ3v) is 3.28. The summed E-state index contributed by atoms with van der Waals surface area (Å²) in [6.07, 6.45) is 1.10. The van der Waals surface area contributed by atoms with Crippen LogP contribution in [0.15, 0.2) is 35.6 Å². The van der Waals surface area contributed by atoms with Gasteiger partial charge in [-0.1, -0.05) is 0 Å². The zero-order chi connectivity index (χ0) is 17.3. The van der Waals surface area contributed by atoms with E-state index < -0.39 is 46.2 Å². The third kappa shape index (κ3) is 3.22. The number of benzene rings is 1. The number of aliphatic hydroxyl groups excluding tert-OH is 1. The molecule has 1 atom stereocenters. The fraction of sp³-hybridized carbons (Fsp3) is 0.133. The average Bonchev–Trinajstić information content (AvgIpc) is 2.47. The van der Waals surface area contributed by atoms with Crippen molar-refractivity contribution in [2.45, 2.75) is 12.5 Å². The van der Waals surface area contributed by atoms with Crippen molar-refractivity contribution < 1.29 is 34.8 Å². The Kier molecular flexibility index (Phi) is 4.19. The maximum Gasteiger partial charge on any atom is 0.229 e. The summed E-state index contributed by atoms with van der Waals surface area (Å²) in [5, 5.41) is 37.9. The lowest BCUT2D eigenvalue weighted by Crippen LogP contribution is -2.35. The molecule has 0 unspecified atom stereocenters. The predicted molar refractivity (Wildman–Crippen MR) is 76.9 cm³/mol. The molecular formula is C15H13NO7. The third-order valence-electron chi connectivity index (χ3n) is 3.28. The number of hydrogen-bond acceptors (Lipinski definition) is 8. The Labute approximate surface area is 129 Å². The van der Waals surface area contributed by atoms with E-state index in [0.29, 0.717) is 12.2 Å². The Balaban J connectivity index is 2.23. The van der Waals surface area contributed by atoms with Crippen molar-refractivity contribution in [3.63, 3.8) is 0 Å². The highest BCUT2D eigenvalue weighted by Gasteiger charge is 2.28. The van der Waals surface area contributed by atoms with E-state index in [1.165, 1.54) is 0 Å². The minimum atomic E-state index is -1.26. The van der Waals surface area contributed by atoms with E-state index in [4.69, 9.17) is 5.73 Å². The van der Waals surface area contributed by atoms with Crippen LogP contribution in [0.2, 0.25) is 0 Å². The molecule has 6 N–H and O–H groups in total. The zero-order valence-corrected chi connectivity index (χ0v) is 11.7. The molecule has 0 bridgehead atoms. The van der Waals surface area contributed by atoms with E-state index in [-0.39, 0.29) is 17.7 Å². The zero-order valence-electron chi connectivity index (χ0n) is 11.7. The van der Waals surface area contributed by atoms with E-state index in [9.17, 15) is 34.8 Å². The molecule has 1 aromatic rings. The molecule has 1 aromatic carbocycles. The first kappa shape index (κ1) is 16.2. The number of Topliss-reactive ketones (excluding diaryl/α,β-unsaturated/α-hetero) is 1. The Morgan fingerprint density at radius 2 is 1.52 bits per heavy atom. The van der Waals surface area contributed by atoms with E-state index in [2.05, 4.69) is 0 Å². The molecule has 0 fully saturated rings. The van der Waals surface area contributed by atoms with Gasteiger partial charge in [0.15, 0.2) is 17.3 Å². The van der Waals surface area contributed by atoms with Crippen molar-refractivity contribution in [2.24, 2.45) is 5.73 Å². The van der Waals surface area contributed by atoms with Gasteiger partial charge in [-0.25, -0.2) is 0 Å². The van der Waals surface area contributed by atoms with Crippen molar-refractivity contribution in [3.05, 3.63) is 41.2 Å². The Morgan fingerprint density at radius 1 is 0.957 bits per heavy atom. The number of phenols is 3. The minimum absolute atomic E-state index is 0.0865. The van der Waals surface area contributed by atoms with Gasteiger partial charge in [0.25, 0.3) is 0 Å². The number of aromatic hydroxyl groups is 3. The normalized spacial score (nSPS) is 15.9. The molecule has 0 aromatic heterocycles. The summed E-state index contributed by atoms with van der Waals surface area (Å²) in [6, 6.07) is 0.672. The van der Waals surface area contributed by atoms with Crippen LogP contribution in [0.4, 0.5) is 0 Å². The second-order valence-electron chi connectivity index (χ2n) is 4.96. The van der Waals surface area contributed by atoms with Gasteiger partial charge in [-0.05, 0) is 18.1 Å². The first-order valence-corrected chi connectivity index (χ1v) is 6.45. The van der Waals surface area contributed by atoms with Crippen LogP contribution in [-0.2, 0) is 20.8 Å². The van der Waals surface area contributed by atoms with Crippen molar-refractivity contribution in [1.29, 1.82) is 0 Å². The molecule has 120 valence electrons. The van der Waals surface area contributed by atoms with Crippen molar-refractivity contribution in [2.75, 3.05) is 0 Å². The SMILES string of the molecule is N[C@@H](Cc1cc(O)c(O)cc1O)C(=O)C1=CC(=O)C(=O)C=C1O. The fourth-order valence-electron chi connectivity index (χ4n) is 2.05. The number of ketones is 3. The largest absolute Gasteiger partial charge is 0.508 e. The van der Waals surface area contributed by atoms with Crippen LogP contribution in [0.3, 0.4) is 0 Å². The molecule has 0 heterocycles. The van der Waals surface area contributed by atoms with Gasteiger partial charge in [0, 0.05) is 18.2 Å². The Morgan fingerprint density at radius 3 is 2.17 bits per heavy atom. The number of hydrogen-bond donors (Lipinski definition) is 5. The molecule has 1 aliphatic rings. The lowest BCUT2D eigenvalue weighted by Gasteiger charge is -2.15. The molecular weight excluding hydrogens is 306 g/mol. The summed E-state index contributed by atoms with van der Waals surface area (Å²) in [6.45, 7) is 0. The molecule has 8 nitrogen and oxygen atoms in total. The first-order chi connectivity index (χ1) is 10.7. The van der Waals surface area contributed by atoms with E-state index in [0.717, 1.165) is 12.1 Å². The highest BCUT2D eigenvalue weighted by atomic mass is 16.3. The number of nitrogens with two attached hydrogens (primary N) is 1. The quantitative estimate of drug-likeness (QED) is 0.220. The molecule has 2 rings (SSSR count). The molecule has 23 heavy (non-hydrogen) atoms. The number of carbonyl (C=O) groups is 3. The average molecular weight is 319 g/mol. The highest BCUT2D eigenvalue weighted by Crippen LogP contribution is 2.33. The molecule has 0 saturated carbocycles. The van der Waals surface area contributed by atoms with Gasteiger partial charge >= 0.3 is 0 Å². The van der Waals surface area contributed by atoms with Crippen LogP contribution < -0.4 is 5.73 Å². The Hall–Kier alpha value is -3.13. The summed E-state index contributed by atoms with van der Waals surface area (Å²) in [5.74, 6) is -4.80. The Bertz CT molecular complexity index is 776. The number of phenolic OH excluding ortho intramolecular Hbond substituents is 3. The monoisotopic (exact) mass is 319 g/mol. The van der Waals surface area contributed by atoms with Crippen LogP contribution >= 0.6 is 0 Å². The van der Waals surface area contributed by atoms with Crippen LogP contribution in [-0.4, -0.2) is 43.8 Å². The molecule has 0 radical (unpaired) electrons. The standard InChI is InChI=1S/C15H13NO7/c16-8(1-6-2-11(19)13(21)4-9(6)17)15(23)7-3-12(20)14(22)5-10(7)18/h2-5,8,17-19,21H,1,16H2/t8-/m0/s1. The first-order valence-electron chi connectivity index (χ1n) is 6.45. The predicted octanol–water partition coefficient (Wildman–Crippen LogP) is -0.238. The number of allylic oxidation sites excluding steroid dienone is 3. The van der Waals surface area contributed by atoms with Crippen LogP contribution in [0, 0.1) is 0 Å². The van der Waals surface area contributed by atoms with Crippen LogP contribution in [0.25, 0.3) is 0 Å². The van der Waals surface area contributed by atoms with Crippen molar-refractivity contribution in [3.8, 4) is 17.2 Å². The van der Waals surface area contributed by atoms with Crippen molar-refractivity contribution in [1.82, 2.24) is 0 Å². The lowest BCUT2D eigenvalue weighted by molar-refractivity contribution is -0.131. The van der Waals surface area contributed by atoms with E-state index >= 15 is 0 Å². The smallest absolute Gasteiger partial charge is 0.229 e. The molecule has 0 amide bonds. The number of aliphatic hydroxyl groups is 1. The summed E-state index contributed by atoms with van der Waals surface area (Å²) in [4.78, 5) is 34.6. The second-order valence-corrected chi connectivity index (χ2v) is 4.96. The summed E-state index contributed by atoms with van der Waals surface area (Å²) >= 11 is 0. The second kappa shape index (κ2) is 5.93. The van der Waals surface area contributed by atoms with Crippen LogP contribution in [0.5, 0.6) is 17.2 Å². The number of carbonyl (C=O) groups excluding carboxylic acids is 3. The van der Waals surface area contributed by atoms with Gasteiger partial charge < -0.3 is 26.2 Å². The van der Waals surface area contributed by atoms with Gasteiger partial charge in [0.2, 0.25) is 11.6 Å². The van der Waals surface area contributed by atoms with Gasteiger partial charge in [-0.3, -0.25) is 14.4 Å². The topological polar surface area (TPSA) is 158 Å². The summed E-state index contributed by atoms with van der Waals surface area (Å²) < 4.78 is 0. The summed E-state index contributed by atoms with van der Waals surface area (Å²) in [5.41, 5.74) is 5.39. The molecule has 1 aliphatic carbocycles. The molecule has 0 aliphatic heterocycles. The van der Waals surface area contributed by atoms with Gasteiger partial charge in [0.05, 0.1) is 11.6 Å². The van der Waals surface area contributed by atoms with Gasteiger partial charge in [0.1, 0.15) is 11.5 Å². The van der Waals surface area contributed by atoms with Crippen LogP contribution in [0.1, 0.15) is 5.56 Å². The minimum Gasteiger partial charge on any atom is -0.508 e. The summed E-state index contributed by atoms with van der Waals surface area (Å²) in [7, 11) is 0. The van der Waals surface area contributed by atoms with Gasteiger partial charge in [-0.2, -0.15) is 0 Å². The molecule has 8 heteroatoms. The van der Waals surface area contributed by atoms with E-state index in [1.807, 2.05) is 0 Å². The molecule has 0 saturated heterocycles. The van der Waals surface area contributed by atoms with Crippen molar-refractivity contribution >= 4 is 17.3 Å². The fourth-order valence-corrected chi connectivity index (χ4v) is 2.05. The van der Waals surface area contributed by atoms with Gasteiger partial charge in [-0.15, -0.1) is 0 Å². The lowest BCUT2D eigenvalue weighted by atomic mass is 9.92. The maximum atomic E-state index is 12.2. The number of rotatable bonds is 4. The maximum absolute atomic E-state index is 12.2. The molecule has 0 spiro atoms.